The van der Waals surface area contributed by atoms with Gasteiger partial charge in [0.05, 0.1) is 13.0 Å². The highest BCUT2D eigenvalue weighted by Crippen LogP contribution is 2.20. The summed E-state index contributed by atoms with van der Waals surface area (Å²) in [5.74, 6) is -2.28. The fraction of sp³-hybridized carbons (Fsp3) is 0.429. The number of hydrogen-bond acceptors (Lipinski definition) is 3. The molecular weight excluding hydrogens is 279 g/mol. The van der Waals surface area contributed by atoms with Gasteiger partial charge in [-0.15, -0.1) is 0 Å². The zero-order chi connectivity index (χ0) is 16.0. The van der Waals surface area contributed by atoms with E-state index in [4.69, 9.17) is 9.84 Å². The van der Waals surface area contributed by atoms with Gasteiger partial charge < -0.3 is 20.5 Å². The molecule has 0 aromatic heterocycles. The Labute approximate surface area is 122 Å². The molecule has 1 rings (SSSR count). The van der Waals surface area contributed by atoms with E-state index < -0.39 is 23.7 Å². The van der Waals surface area contributed by atoms with E-state index in [2.05, 4.69) is 10.6 Å². The van der Waals surface area contributed by atoms with Crippen LogP contribution in [0.25, 0.3) is 0 Å². The van der Waals surface area contributed by atoms with Crippen molar-refractivity contribution in [3.8, 4) is 5.75 Å². The highest BCUT2D eigenvalue weighted by molar-refractivity contribution is 5.89. The first-order valence-electron chi connectivity index (χ1n) is 6.46. The molecule has 0 bridgehead atoms. The quantitative estimate of drug-likeness (QED) is 0.752. The first kappa shape index (κ1) is 16.7. The number of amides is 2. The number of benzene rings is 1. The van der Waals surface area contributed by atoms with Gasteiger partial charge in [-0.2, -0.15) is 0 Å². The lowest BCUT2D eigenvalue weighted by molar-refractivity contribution is -0.142. The number of aliphatic carboxylic acids is 1. The molecule has 0 saturated heterocycles. The molecule has 1 aromatic carbocycles. The normalized spacial score (nSPS) is 11.9. The SMILES string of the molecule is COc1ccc(NC(=O)NCC(C(=O)O)C(C)C)cc1F. The summed E-state index contributed by atoms with van der Waals surface area (Å²) in [5.41, 5.74) is 0.252. The van der Waals surface area contributed by atoms with Gasteiger partial charge in [-0.25, -0.2) is 9.18 Å². The largest absolute Gasteiger partial charge is 0.494 e. The van der Waals surface area contributed by atoms with Crippen LogP contribution in [0, 0.1) is 17.7 Å². The number of carboxylic acid groups (broad SMARTS) is 1. The Bertz CT molecular complexity index is 520. The zero-order valence-corrected chi connectivity index (χ0v) is 12.1. The summed E-state index contributed by atoms with van der Waals surface area (Å²) >= 11 is 0. The Morgan fingerprint density at radius 3 is 2.52 bits per heavy atom. The van der Waals surface area contributed by atoms with Gasteiger partial charge in [0.15, 0.2) is 11.6 Å². The Morgan fingerprint density at radius 2 is 2.05 bits per heavy atom. The van der Waals surface area contributed by atoms with E-state index in [0.717, 1.165) is 6.07 Å². The van der Waals surface area contributed by atoms with Gasteiger partial charge >= 0.3 is 12.0 Å². The second-order valence-electron chi connectivity index (χ2n) is 4.87. The van der Waals surface area contributed by atoms with Crippen molar-refractivity contribution in [2.75, 3.05) is 19.0 Å². The molecule has 6 nitrogen and oxygen atoms in total. The fourth-order valence-corrected chi connectivity index (χ4v) is 1.73. The van der Waals surface area contributed by atoms with Crippen LogP contribution in [0.4, 0.5) is 14.9 Å². The van der Waals surface area contributed by atoms with E-state index in [9.17, 15) is 14.0 Å². The number of hydrogen-bond donors (Lipinski definition) is 3. The molecule has 1 aromatic rings. The number of anilines is 1. The van der Waals surface area contributed by atoms with E-state index in [1.807, 2.05) is 0 Å². The van der Waals surface area contributed by atoms with Gasteiger partial charge in [0.1, 0.15) is 0 Å². The van der Waals surface area contributed by atoms with Crippen molar-refractivity contribution >= 4 is 17.7 Å². The van der Waals surface area contributed by atoms with Crippen LogP contribution in [-0.4, -0.2) is 30.8 Å². The van der Waals surface area contributed by atoms with Crippen molar-refractivity contribution in [2.24, 2.45) is 11.8 Å². The van der Waals surface area contributed by atoms with Gasteiger partial charge in [0, 0.05) is 18.3 Å². The number of methoxy groups -OCH3 is 1. The van der Waals surface area contributed by atoms with Crippen molar-refractivity contribution < 1.29 is 23.8 Å². The smallest absolute Gasteiger partial charge is 0.319 e. The van der Waals surface area contributed by atoms with Crippen LogP contribution < -0.4 is 15.4 Å². The van der Waals surface area contributed by atoms with E-state index in [1.54, 1.807) is 13.8 Å². The molecule has 21 heavy (non-hydrogen) atoms. The third kappa shape index (κ3) is 4.94. The monoisotopic (exact) mass is 298 g/mol. The number of carboxylic acids is 1. The molecule has 2 amide bonds. The molecule has 116 valence electrons. The Morgan fingerprint density at radius 1 is 1.38 bits per heavy atom. The van der Waals surface area contributed by atoms with Crippen molar-refractivity contribution in [1.29, 1.82) is 0 Å². The third-order valence-corrected chi connectivity index (χ3v) is 3.01. The Hall–Kier alpha value is -2.31. The Balaban J connectivity index is 2.58. The number of carbonyl (C=O) groups excluding carboxylic acids is 1. The number of rotatable bonds is 6. The van der Waals surface area contributed by atoms with Crippen LogP contribution >= 0.6 is 0 Å². The van der Waals surface area contributed by atoms with Gasteiger partial charge in [0.2, 0.25) is 0 Å². The maximum Gasteiger partial charge on any atom is 0.319 e. The van der Waals surface area contributed by atoms with Crippen LogP contribution in [0.2, 0.25) is 0 Å². The molecule has 0 aliphatic heterocycles. The summed E-state index contributed by atoms with van der Waals surface area (Å²) in [6, 6.07) is 3.40. The number of halogens is 1. The van der Waals surface area contributed by atoms with Crippen LogP contribution in [0.1, 0.15) is 13.8 Å². The lowest BCUT2D eigenvalue weighted by Gasteiger charge is -2.17. The molecule has 0 radical (unpaired) electrons. The summed E-state index contributed by atoms with van der Waals surface area (Å²) in [4.78, 5) is 22.7. The van der Waals surface area contributed by atoms with Gasteiger partial charge in [-0.1, -0.05) is 13.8 Å². The lowest BCUT2D eigenvalue weighted by atomic mass is 9.96. The van der Waals surface area contributed by atoms with E-state index >= 15 is 0 Å². The first-order valence-corrected chi connectivity index (χ1v) is 6.46. The number of nitrogens with one attached hydrogen (secondary N) is 2. The minimum absolute atomic E-state index is 0.00251. The average molecular weight is 298 g/mol. The standard InChI is InChI=1S/C14H19FN2O4/c1-8(2)10(13(18)19)7-16-14(20)17-9-4-5-12(21-3)11(15)6-9/h4-6,8,10H,7H2,1-3H3,(H,18,19)(H2,16,17,20). The summed E-state index contributed by atoms with van der Waals surface area (Å²) in [5, 5.41) is 13.9. The highest BCUT2D eigenvalue weighted by atomic mass is 19.1. The van der Waals surface area contributed by atoms with Crippen LogP contribution in [-0.2, 0) is 4.79 Å². The van der Waals surface area contributed by atoms with Crippen molar-refractivity contribution in [2.45, 2.75) is 13.8 Å². The van der Waals surface area contributed by atoms with E-state index in [0.29, 0.717) is 0 Å². The maximum absolute atomic E-state index is 13.5. The van der Waals surface area contributed by atoms with Crippen LogP contribution in [0.15, 0.2) is 18.2 Å². The van der Waals surface area contributed by atoms with Gasteiger partial charge in [-0.05, 0) is 18.1 Å². The number of carbonyl (C=O) groups is 2. The van der Waals surface area contributed by atoms with Crippen molar-refractivity contribution in [3.05, 3.63) is 24.0 Å². The maximum atomic E-state index is 13.5. The molecular formula is C14H19FN2O4. The summed E-state index contributed by atoms with van der Waals surface area (Å²) < 4.78 is 18.2. The second kappa shape index (κ2) is 7.47. The molecule has 1 unspecified atom stereocenters. The Kier molecular flexibility index (Phi) is 5.95. The predicted molar refractivity (Wildman–Crippen MR) is 75.9 cm³/mol. The minimum atomic E-state index is -0.971. The molecule has 0 saturated carbocycles. The van der Waals surface area contributed by atoms with E-state index in [-0.39, 0.29) is 23.9 Å². The topological polar surface area (TPSA) is 87.7 Å². The highest BCUT2D eigenvalue weighted by Gasteiger charge is 2.21. The molecule has 3 N–H and O–H groups in total. The molecule has 0 aliphatic carbocycles. The van der Waals surface area contributed by atoms with Crippen LogP contribution in [0.3, 0.4) is 0 Å². The van der Waals surface area contributed by atoms with Crippen molar-refractivity contribution in [1.82, 2.24) is 5.32 Å². The van der Waals surface area contributed by atoms with Crippen molar-refractivity contribution in [3.63, 3.8) is 0 Å². The molecule has 7 heteroatoms. The summed E-state index contributed by atoms with van der Waals surface area (Å²) in [6.07, 6.45) is 0. The third-order valence-electron chi connectivity index (χ3n) is 3.01. The summed E-state index contributed by atoms with van der Waals surface area (Å²) in [6.45, 7) is 3.52. The second-order valence-corrected chi connectivity index (χ2v) is 4.87. The molecule has 1 atom stereocenters. The predicted octanol–water partition coefficient (Wildman–Crippen LogP) is 2.31. The zero-order valence-electron chi connectivity index (χ0n) is 12.1. The minimum Gasteiger partial charge on any atom is -0.494 e. The first-order chi connectivity index (χ1) is 9.85. The van der Waals surface area contributed by atoms with Gasteiger partial charge in [-0.3, -0.25) is 4.79 Å². The van der Waals surface area contributed by atoms with Crippen LogP contribution in [0.5, 0.6) is 5.75 Å². The van der Waals surface area contributed by atoms with Gasteiger partial charge in [0.25, 0.3) is 0 Å². The van der Waals surface area contributed by atoms with E-state index in [1.165, 1.54) is 19.2 Å². The number of urea groups is 1. The average Bonchev–Trinajstić information content (AvgIpc) is 2.38. The summed E-state index contributed by atoms with van der Waals surface area (Å²) in [7, 11) is 1.34. The molecule has 0 aliphatic rings. The molecule has 0 heterocycles. The fourth-order valence-electron chi connectivity index (χ4n) is 1.73. The molecule has 0 spiro atoms. The lowest BCUT2D eigenvalue weighted by Crippen LogP contribution is -2.37. The number of ether oxygens (including phenoxy) is 1. The molecule has 0 fully saturated rings.